The summed E-state index contributed by atoms with van der Waals surface area (Å²) in [6, 6.07) is 6.35. The van der Waals surface area contributed by atoms with E-state index < -0.39 is 77.2 Å². The average Bonchev–Trinajstić information content (AvgIpc) is 2.89. The van der Waals surface area contributed by atoms with Gasteiger partial charge in [-0.15, -0.1) is 0 Å². The van der Waals surface area contributed by atoms with Crippen LogP contribution in [0, 0.1) is 0 Å². The summed E-state index contributed by atoms with van der Waals surface area (Å²) in [6.45, 7) is -0.166. The summed E-state index contributed by atoms with van der Waals surface area (Å²) in [7, 11) is 0. The van der Waals surface area contributed by atoms with Gasteiger partial charge in [-0.05, 0) is 37.0 Å². The number of esters is 1. The van der Waals surface area contributed by atoms with Gasteiger partial charge in [-0.3, -0.25) is 19.2 Å². The fraction of sp³-hybridized carbons (Fsp3) is 0.370. The number of ketones is 1. The molecule has 9 nitrogen and oxygen atoms in total. The first-order valence-electron chi connectivity index (χ1n) is 12.4. The van der Waals surface area contributed by atoms with E-state index in [1.807, 2.05) is 0 Å². The Morgan fingerprint density at radius 1 is 0.833 bits per heavy atom. The van der Waals surface area contributed by atoms with Crippen molar-refractivity contribution in [2.75, 3.05) is 6.61 Å². The molecule has 0 bridgehead atoms. The second kappa shape index (κ2) is 14.5. The molecular weight excluding hydrogens is 576 g/mol. The van der Waals surface area contributed by atoms with Crippen molar-refractivity contribution < 1.29 is 55.1 Å². The lowest BCUT2D eigenvalue weighted by atomic mass is 9.99. The van der Waals surface area contributed by atoms with Crippen LogP contribution in [0.25, 0.3) is 0 Å². The highest BCUT2D eigenvalue weighted by Gasteiger charge is 2.43. The van der Waals surface area contributed by atoms with Crippen molar-refractivity contribution in [3.05, 3.63) is 70.8 Å². The maximum absolute atomic E-state index is 13.4. The molecule has 0 radical (unpaired) electrons. The minimum atomic E-state index is -5.35. The molecule has 1 unspecified atom stereocenters. The number of carbonyl (C=O) groups is 5. The molecule has 0 fully saturated rings. The molecule has 2 atom stereocenters. The first-order valence-corrected chi connectivity index (χ1v) is 12.4. The molecule has 2 aromatic carbocycles. The minimum absolute atomic E-state index is 0.0516. The van der Waals surface area contributed by atoms with Gasteiger partial charge >= 0.3 is 18.3 Å². The number of ether oxygens (including phenoxy) is 1. The lowest BCUT2D eigenvalue weighted by Gasteiger charge is -2.23. The van der Waals surface area contributed by atoms with Gasteiger partial charge in [0.15, 0.2) is 12.4 Å². The third-order valence-electron chi connectivity index (χ3n) is 5.82. The number of halogens is 6. The van der Waals surface area contributed by atoms with Gasteiger partial charge in [0.05, 0.1) is 22.7 Å². The number of hydrogen-bond donors (Lipinski definition) is 3. The van der Waals surface area contributed by atoms with Crippen LogP contribution in [-0.4, -0.2) is 48.2 Å². The lowest BCUT2D eigenvalue weighted by Crippen LogP contribution is -2.52. The number of hydrogen-bond acceptors (Lipinski definition) is 6. The first-order chi connectivity index (χ1) is 19.5. The van der Waals surface area contributed by atoms with E-state index in [-0.39, 0.29) is 37.8 Å². The highest BCUT2D eigenvalue weighted by atomic mass is 19.4. The van der Waals surface area contributed by atoms with Gasteiger partial charge in [0.25, 0.3) is 0 Å². The highest BCUT2D eigenvalue weighted by Crippen LogP contribution is 2.39. The Balaban J connectivity index is 2.31. The smallest absolute Gasteiger partial charge is 0.417 e. The predicted molar refractivity (Wildman–Crippen MR) is 134 cm³/mol. The summed E-state index contributed by atoms with van der Waals surface area (Å²) >= 11 is 0. The van der Waals surface area contributed by atoms with E-state index in [9.17, 15) is 50.3 Å². The molecule has 15 heteroatoms. The molecular formula is C27H27F6N3O6. The Kier molecular flexibility index (Phi) is 11.6. The zero-order valence-electron chi connectivity index (χ0n) is 22.1. The normalized spacial score (nSPS) is 13.0. The van der Waals surface area contributed by atoms with Crippen molar-refractivity contribution in [3.8, 4) is 0 Å². The largest absolute Gasteiger partial charge is 0.454 e. The predicted octanol–water partition coefficient (Wildman–Crippen LogP) is 3.34. The Morgan fingerprint density at radius 2 is 1.40 bits per heavy atom. The number of carbonyl (C=O) groups excluding carboxylic acids is 5. The molecule has 228 valence electrons. The molecule has 0 spiro atoms. The summed E-state index contributed by atoms with van der Waals surface area (Å²) in [5.74, 6) is -5.25. The molecule has 2 aromatic rings. The second-order valence-electron chi connectivity index (χ2n) is 9.13. The van der Waals surface area contributed by atoms with Crippen molar-refractivity contribution in [3.63, 3.8) is 0 Å². The van der Waals surface area contributed by atoms with E-state index in [2.05, 4.69) is 15.4 Å². The Hall–Kier alpha value is -4.43. The Bertz CT molecular complexity index is 1270. The van der Waals surface area contributed by atoms with Crippen LogP contribution in [0.2, 0.25) is 0 Å². The van der Waals surface area contributed by atoms with E-state index in [0.29, 0.717) is 11.6 Å². The maximum Gasteiger partial charge on any atom is 0.417 e. The molecule has 0 aromatic heterocycles. The molecule has 2 rings (SSSR count). The van der Waals surface area contributed by atoms with Crippen LogP contribution >= 0.6 is 0 Å². The van der Waals surface area contributed by atoms with E-state index in [1.165, 1.54) is 0 Å². The van der Waals surface area contributed by atoms with Gasteiger partial charge in [-0.25, -0.2) is 4.79 Å². The molecule has 0 heterocycles. The monoisotopic (exact) mass is 603 g/mol. The van der Waals surface area contributed by atoms with E-state index in [1.54, 1.807) is 30.3 Å². The molecule has 4 N–H and O–H groups in total. The van der Waals surface area contributed by atoms with Gasteiger partial charge in [-0.2, -0.15) is 26.3 Å². The van der Waals surface area contributed by atoms with Crippen LogP contribution in [0.1, 0.15) is 53.2 Å². The maximum atomic E-state index is 13.4. The number of amides is 3. The van der Waals surface area contributed by atoms with Crippen molar-refractivity contribution >= 4 is 29.5 Å². The molecule has 0 saturated heterocycles. The number of nitrogens with one attached hydrogen (secondary N) is 2. The molecule has 0 aliphatic heterocycles. The summed E-state index contributed by atoms with van der Waals surface area (Å²) in [4.78, 5) is 61.2. The van der Waals surface area contributed by atoms with Crippen LogP contribution in [0.15, 0.2) is 48.5 Å². The van der Waals surface area contributed by atoms with Gasteiger partial charge < -0.3 is 21.1 Å². The first kappa shape index (κ1) is 33.8. The average molecular weight is 604 g/mol. The van der Waals surface area contributed by atoms with Gasteiger partial charge in [0.1, 0.15) is 6.04 Å². The van der Waals surface area contributed by atoms with Gasteiger partial charge in [-0.1, -0.05) is 36.4 Å². The SMILES string of the molecule is CC(=O)NC(CCCC(N)=O)C(=O)N[C@@H](Cc1ccccc1)C(=O)COC(=O)c1c(C(F)(F)F)cccc1C(F)(F)F. The highest BCUT2D eigenvalue weighted by molar-refractivity contribution is 5.97. The van der Waals surface area contributed by atoms with Crippen LogP contribution in [0.4, 0.5) is 26.3 Å². The molecule has 0 aliphatic carbocycles. The zero-order valence-corrected chi connectivity index (χ0v) is 22.1. The third-order valence-corrected chi connectivity index (χ3v) is 5.82. The number of rotatable bonds is 13. The number of benzene rings is 2. The summed E-state index contributed by atoms with van der Waals surface area (Å²) in [5, 5.41) is 4.73. The van der Waals surface area contributed by atoms with Crippen molar-refractivity contribution in [2.24, 2.45) is 5.73 Å². The quantitative estimate of drug-likeness (QED) is 0.237. The van der Waals surface area contributed by atoms with Crippen LogP contribution < -0.4 is 16.4 Å². The fourth-order valence-corrected chi connectivity index (χ4v) is 3.92. The Morgan fingerprint density at radius 3 is 1.90 bits per heavy atom. The van der Waals surface area contributed by atoms with Gasteiger partial charge in [0, 0.05) is 13.3 Å². The standard InChI is InChI=1S/C27H27F6N3O6/c1-15(37)35-19(11-6-12-22(34)39)24(40)36-20(13-16-7-3-2-4-8-16)21(38)14-42-25(41)23-17(26(28,29)30)9-5-10-18(23)27(31,32)33/h2-5,7-10,19-20H,6,11-14H2,1H3,(H2,34,39)(H,35,37)(H,36,40)/t19?,20-/m0/s1. The van der Waals surface area contributed by atoms with Crippen LogP contribution in [0.3, 0.4) is 0 Å². The number of alkyl halides is 6. The van der Waals surface area contributed by atoms with Crippen LogP contribution in [0.5, 0.6) is 0 Å². The van der Waals surface area contributed by atoms with E-state index in [0.717, 1.165) is 6.92 Å². The summed E-state index contributed by atoms with van der Waals surface area (Å²) < 4.78 is 85.3. The zero-order chi connectivity index (χ0) is 31.7. The lowest BCUT2D eigenvalue weighted by molar-refractivity contribution is -0.144. The number of Topliss-reactive ketones (excluding diaryl/α,β-unsaturated/α-hetero) is 1. The third kappa shape index (κ3) is 10.2. The number of primary amides is 1. The van der Waals surface area contributed by atoms with E-state index in [4.69, 9.17) is 5.73 Å². The molecule has 3 amide bonds. The molecule has 0 saturated carbocycles. The topological polar surface area (TPSA) is 145 Å². The van der Waals surface area contributed by atoms with Crippen molar-refractivity contribution in [2.45, 2.75) is 57.0 Å². The Labute approximate surface area is 235 Å². The van der Waals surface area contributed by atoms with Crippen molar-refractivity contribution in [1.29, 1.82) is 0 Å². The summed E-state index contributed by atoms with van der Waals surface area (Å²) in [6.07, 6.45) is -11.0. The van der Waals surface area contributed by atoms with Crippen molar-refractivity contribution in [1.82, 2.24) is 10.6 Å². The molecule has 42 heavy (non-hydrogen) atoms. The minimum Gasteiger partial charge on any atom is -0.454 e. The summed E-state index contributed by atoms with van der Waals surface area (Å²) in [5.41, 5.74) is -0.0351. The van der Waals surface area contributed by atoms with Gasteiger partial charge in [0.2, 0.25) is 17.7 Å². The second-order valence-corrected chi connectivity index (χ2v) is 9.13. The van der Waals surface area contributed by atoms with Crippen LogP contribution in [-0.2, 0) is 42.7 Å². The van der Waals surface area contributed by atoms with E-state index >= 15 is 0 Å². The fourth-order valence-electron chi connectivity index (χ4n) is 3.92. The number of nitrogens with two attached hydrogens (primary N) is 1. The molecule has 0 aliphatic rings.